The highest BCUT2D eigenvalue weighted by Gasteiger charge is 1.98. The highest BCUT2D eigenvalue weighted by Crippen LogP contribution is 1.82. The Morgan fingerprint density at radius 1 is 1.56 bits per heavy atom. The summed E-state index contributed by atoms with van der Waals surface area (Å²) in [7, 11) is 1.23. The number of rotatable bonds is 2. The highest BCUT2D eigenvalue weighted by atomic mass is 24.3. The van der Waals surface area contributed by atoms with E-state index >= 15 is 0 Å². The molecular formula is C4H10MgO4. The van der Waals surface area contributed by atoms with Gasteiger partial charge in [-0.05, 0) is 6.92 Å². The minimum Gasteiger partial charge on any atom is -0.433 e. The summed E-state index contributed by atoms with van der Waals surface area (Å²) in [4.78, 5) is 18.0. The van der Waals surface area contributed by atoms with E-state index in [0.29, 0.717) is 6.61 Å². The molecule has 0 aliphatic heterocycles. The Kier molecular flexibility index (Phi) is 10.4. The molecule has 0 saturated carbocycles. The van der Waals surface area contributed by atoms with E-state index in [1.54, 1.807) is 6.92 Å². The molecule has 0 saturated heterocycles. The van der Waals surface area contributed by atoms with Gasteiger partial charge in [-0.25, -0.2) is 4.79 Å². The third kappa shape index (κ3) is 8.00. The minimum absolute atomic E-state index is 0. The summed E-state index contributed by atoms with van der Waals surface area (Å²) < 4.78 is 4.30. The zero-order chi connectivity index (χ0) is 6.41. The first kappa shape index (κ1) is 11.8. The number of ether oxygens (including phenoxy) is 1. The van der Waals surface area contributed by atoms with E-state index in [2.05, 4.69) is 14.5 Å². The van der Waals surface area contributed by atoms with Crippen molar-refractivity contribution in [2.24, 2.45) is 0 Å². The summed E-state index contributed by atoms with van der Waals surface area (Å²) in [6.45, 7) is 1.97. The molecule has 0 heterocycles. The van der Waals surface area contributed by atoms with E-state index in [1.807, 2.05) is 0 Å². The SMILES string of the molecule is CCOC(=O)OOC.[MgH2]. The first-order valence-electron chi connectivity index (χ1n) is 2.18. The molecular weight excluding hydrogens is 136 g/mol. The number of hydrogen-bond acceptors (Lipinski definition) is 4. The van der Waals surface area contributed by atoms with Crippen LogP contribution < -0.4 is 0 Å². The molecule has 0 N–H and O–H groups in total. The maximum absolute atomic E-state index is 10.1. The molecule has 0 radical (unpaired) electrons. The van der Waals surface area contributed by atoms with Crippen LogP contribution in [-0.4, -0.2) is 42.9 Å². The molecule has 52 valence electrons. The van der Waals surface area contributed by atoms with E-state index in [-0.39, 0.29) is 23.1 Å². The molecule has 0 spiro atoms. The first-order valence-corrected chi connectivity index (χ1v) is 2.18. The molecule has 0 bridgehead atoms. The zero-order valence-corrected chi connectivity index (χ0v) is 4.84. The van der Waals surface area contributed by atoms with Gasteiger partial charge in [0.25, 0.3) is 0 Å². The smallest absolute Gasteiger partial charge is 0.433 e. The molecule has 0 amide bonds. The third-order valence-electron chi connectivity index (χ3n) is 0.414. The lowest BCUT2D eigenvalue weighted by Gasteiger charge is -1.96. The quantitative estimate of drug-likeness (QED) is 0.234. The van der Waals surface area contributed by atoms with Crippen LogP contribution in [0.4, 0.5) is 4.79 Å². The Labute approximate surface area is 69.5 Å². The predicted molar refractivity (Wildman–Crippen MR) is 33.7 cm³/mol. The van der Waals surface area contributed by atoms with Crippen LogP contribution in [-0.2, 0) is 14.5 Å². The fraction of sp³-hybridized carbons (Fsp3) is 0.750. The average Bonchev–Trinajstić information content (AvgIpc) is 1.68. The number of hydrogen-bond donors (Lipinski definition) is 0. The summed E-state index contributed by atoms with van der Waals surface area (Å²) in [5, 5.41) is 0. The van der Waals surface area contributed by atoms with Gasteiger partial charge < -0.3 is 4.74 Å². The Hall–Kier alpha value is -0.00377. The predicted octanol–water partition coefficient (Wildman–Crippen LogP) is -0.195. The molecule has 4 nitrogen and oxygen atoms in total. The molecule has 0 rings (SSSR count). The average molecular weight is 146 g/mol. The van der Waals surface area contributed by atoms with E-state index in [0.717, 1.165) is 0 Å². The van der Waals surface area contributed by atoms with Crippen LogP contribution in [0.1, 0.15) is 6.92 Å². The van der Waals surface area contributed by atoms with Crippen LogP contribution in [0, 0.1) is 0 Å². The van der Waals surface area contributed by atoms with Crippen LogP contribution in [0.2, 0.25) is 0 Å². The van der Waals surface area contributed by atoms with Crippen LogP contribution in [0.15, 0.2) is 0 Å². The van der Waals surface area contributed by atoms with Gasteiger partial charge in [-0.2, -0.15) is 4.89 Å². The first-order chi connectivity index (χ1) is 3.81. The maximum Gasteiger partial charge on any atom is 0.540 e. The Morgan fingerprint density at radius 2 is 2.11 bits per heavy atom. The van der Waals surface area contributed by atoms with E-state index < -0.39 is 6.16 Å². The van der Waals surface area contributed by atoms with Gasteiger partial charge in [-0.3, -0.25) is 4.89 Å². The van der Waals surface area contributed by atoms with Gasteiger partial charge >= 0.3 is 29.2 Å². The fourth-order valence-electron chi connectivity index (χ4n) is 0.210. The van der Waals surface area contributed by atoms with Crippen LogP contribution in [0.5, 0.6) is 0 Å². The van der Waals surface area contributed by atoms with Crippen molar-refractivity contribution in [3.63, 3.8) is 0 Å². The molecule has 5 heteroatoms. The number of carbonyl (C=O) groups excluding carboxylic acids is 1. The van der Waals surface area contributed by atoms with Crippen molar-refractivity contribution in [2.45, 2.75) is 6.92 Å². The molecule has 0 unspecified atom stereocenters. The summed E-state index contributed by atoms with van der Waals surface area (Å²) in [5.74, 6) is 0. The van der Waals surface area contributed by atoms with Crippen molar-refractivity contribution >= 4 is 29.2 Å². The van der Waals surface area contributed by atoms with Crippen molar-refractivity contribution in [3.05, 3.63) is 0 Å². The van der Waals surface area contributed by atoms with E-state index in [4.69, 9.17) is 0 Å². The van der Waals surface area contributed by atoms with E-state index in [1.165, 1.54) is 7.11 Å². The Morgan fingerprint density at radius 3 is 2.44 bits per heavy atom. The molecule has 0 atom stereocenters. The van der Waals surface area contributed by atoms with Crippen molar-refractivity contribution in [1.29, 1.82) is 0 Å². The summed E-state index contributed by atoms with van der Waals surface area (Å²) in [5.41, 5.74) is 0. The molecule has 0 aliphatic carbocycles. The van der Waals surface area contributed by atoms with Crippen LogP contribution >= 0.6 is 0 Å². The van der Waals surface area contributed by atoms with Gasteiger partial charge in [0, 0.05) is 0 Å². The molecule has 0 aromatic heterocycles. The van der Waals surface area contributed by atoms with Crippen LogP contribution in [0.3, 0.4) is 0 Å². The van der Waals surface area contributed by atoms with Crippen LogP contribution in [0.25, 0.3) is 0 Å². The molecule has 0 aliphatic rings. The summed E-state index contributed by atoms with van der Waals surface area (Å²) in [6.07, 6.45) is -0.810. The Bertz CT molecular complexity index is 67.0. The van der Waals surface area contributed by atoms with Crippen molar-refractivity contribution < 1.29 is 19.3 Å². The lowest BCUT2D eigenvalue weighted by atomic mass is 10.9. The summed E-state index contributed by atoms with van der Waals surface area (Å²) >= 11 is 0. The van der Waals surface area contributed by atoms with Gasteiger partial charge in [0.1, 0.15) is 0 Å². The van der Waals surface area contributed by atoms with Gasteiger partial charge in [0.2, 0.25) is 0 Å². The standard InChI is InChI=1S/C4H8O4.Mg.2H/c1-3-7-4(5)8-6-2;;;/h3H2,1-2H3;;;. The molecule has 0 aromatic rings. The third-order valence-corrected chi connectivity index (χ3v) is 0.414. The monoisotopic (exact) mass is 146 g/mol. The number of carbonyl (C=O) groups is 1. The maximum atomic E-state index is 10.1. The summed E-state index contributed by atoms with van der Waals surface area (Å²) in [6, 6.07) is 0. The second kappa shape index (κ2) is 8.00. The fourth-order valence-corrected chi connectivity index (χ4v) is 0.210. The lowest BCUT2D eigenvalue weighted by Crippen LogP contribution is -2.05. The lowest BCUT2D eigenvalue weighted by molar-refractivity contribution is -0.231. The van der Waals surface area contributed by atoms with Crippen molar-refractivity contribution in [1.82, 2.24) is 0 Å². The van der Waals surface area contributed by atoms with Crippen molar-refractivity contribution in [2.75, 3.05) is 13.7 Å². The molecule has 0 fully saturated rings. The second-order valence-electron chi connectivity index (χ2n) is 0.933. The topological polar surface area (TPSA) is 44.8 Å². The van der Waals surface area contributed by atoms with E-state index in [9.17, 15) is 4.79 Å². The second-order valence-corrected chi connectivity index (χ2v) is 0.933. The van der Waals surface area contributed by atoms with Gasteiger partial charge in [0.15, 0.2) is 0 Å². The van der Waals surface area contributed by atoms with Gasteiger partial charge in [0.05, 0.1) is 13.7 Å². The minimum atomic E-state index is -0.810. The van der Waals surface area contributed by atoms with Gasteiger partial charge in [-0.1, -0.05) is 0 Å². The van der Waals surface area contributed by atoms with Gasteiger partial charge in [-0.15, -0.1) is 0 Å². The Balaban J connectivity index is 0. The molecule has 9 heavy (non-hydrogen) atoms. The largest absolute Gasteiger partial charge is 0.540 e. The van der Waals surface area contributed by atoms with Crippen molar-refractivity contribution in [3.8, 4) is 0 Å². The normalized spacial score (nSPS) is 7.33. The zero-order valence-electron chi connectivity index (χ0n) is 4.84. The highest BCUT2D eigenvalue weighted by molar-refractivity contribution is 5.75. The molecule has 0 aromatic carbocycles.